The van der Waals surface area contributed by atoms with Crippen LogP contribution in [0.25, 0.3) is 16.5 Å². The minimum absolute atomic E-state index is 0.0754. The zero-order valence-corrected chi connectivity index (χ0v) is 24.2. The number of carbonyl (C=O) groups excluding carboxylic acids is 2. The number of aromatic amines is 1. The van der Waals surface area contributed by atoms with Gasteiger partial charge in [0, 0.05) is 54.0 Å². The van der Waals surface area contributed by atoms with Crippen molar-refractivity contribution in [3.05, 3.63) is 77.5 Å². The van der Waals surface area contributed by atoms with Gasteiger partial charge >= 0.3 is 0 Å². The molecule has 1 aromatic heterocycles. The van der Waals surface area contributed by atoms with Gasteiger partial charge in [-0.2, -0.15) is 0 Å². The third-order valence-corrected chi connectivity index (χ3v) is 6.09. The van der Waals surface area contributed by atoms with E-state index in [0.717, 1.165) is 67.8 Å². The Morgan fingerprint density at radius 3 is 2.08 bits per heavy atom. The van der Waals surface area contributed by atoms with Gasteiger partial charge < -0.3 is 15.0 Å². The number of rotatable bonds is 5. The van der Waals surface area contributed by atoms with Crippen LogP contribution in [0.5, 0.6) is 0 Å². The monoisotopic (exact) mass is 508 g/mol. The van der Waals surface area contributed by atoms with Crippen LogP contribution in [0.1, 0.15) is 81.4 Å². The number of nitrogens with zero attached hydrogens (tertiary/aromatic N) is 1. The van der Waals surface area contributed by atoms with Crippen molar-refractivity contribution in [3.8, 4) is 0 Å². The highest BCUT2D eigenvalue weighted by Crippen LogP contribution is 2.30. The van der Waals surface area contributed by atoms with E-state index in [-0.39, 0.29) is 5.91 Å². The van der Waals surface area contributed by atoms with Gasteiger partial charge in [0.2, 0.25) is 0 Å². The molecule has 37 heavy (non-hydrogen) atoms. The minimum atomic E-state index is 0.0754. The van der Waals surface area contributed by atoms with Gasteiger partial charge in [-0.15, -0.1) is 0 Å². The maximum absolute atomic E-state index is 13.2. The quantitative estimate of drug-likeness (QED) is 0.277. The maximum atomic E-state index is 13.2. The Balaban J connectivity index is 0.00000148. The molecule has 0 aliphatic carbocycles. The summed E-state index contributed by atoms with van der Waals surface area (Å²) in [5.74, 6) is 0.698. The molecule has 0 unspecified atom stereocenters. The standard InChI is InChI=1S/C25H26N2O2.3C2H6.CH4O/c1-17(16-28)22-15-26-23-9-8-21(18(2)24(22)23)25(29)27-12-10-20(11-13-27)14-19-6-4-3-5-7-19;4*1-2/h3-9,15-16,20,26H,1,10-14H2,2H3;3*1-2H3;2H,1H3. The highest BCUT2D eigenvalue weighted by atomic mass is 16.2. The fourth-order valence-electron chi connectivity index (χ4n) is 4.41. The van der Waals surface area contributed by atoms with Crippen LogP contribution in [0, 0.1) is 12.8 Å². The van der Waals surface area contributed by atoms with E-state index in [9.17, 15) is 9.59 Å². The minimum Gasteiger partial charge on any atom is -0.400 e. The van der Waals surface area contributed by atoms with Gasteiger partial charge in [0.05, 0.1) is 0 Å². The second-order valence-electron chi connectivity index (χ2n) is 7.93. The number of allylic oxidation sites excluding steroid dienone is 1. The molecule has 2 aromatic carbocycles. The van der Waals surface area contributed by atoms with E-state index in [1.54, 1.807) is 6.20 Å². The van der Waals surface area contributed by atoms with E-state index in [1.807, 2.05) is 71.6 Å². The molecule has 1 aliphatic rings. The van der Waals surface area contributed by atoms with Gasteiger partial charge in [-0.05, 0) is 55.4 Å². The number of carbonyl (C=O) groups is 2. The Labute approximate surface area is 224 Å². The number of fused-ring (bicyclic) bond motifs is 1. The van der Waals surface area contributed by atoms with Crippen LogP contribution in [-0.2, 0) is 11.2 Å². The number of aryl methyl sites for hydroxylation is 1. The summed E-state index contributed by atoms with van der Waals surface area (Å²) in [5, 5.41) is 7.91. The van der Waals surface area contributed by atoms with Gasteiger partial charge in [0.15, 0.2) is 0 Å². The lowest BCUT2D eigenvalue weighted by Gasteiger charge is -2.32. The predicted octanol–water partition coefficient (Wildman–Crippen LogP) is 7.47. The third-order valence-electron chi connectivity index (χ3n) is 6.09. The highest BCUT2D eigenvalue weighted by molar-refractivity contribution is 6.13. The zero-order chi connectivity index (χ0) is 28.4. The second-order valence-corrected chi connectivity index (χ2v) is 7.93. The Morgan fingerprint density at radius 2 is 1.54 bits per heavy atom. The van der Waals surface area contributed by atoms with E-state index in [0.29, 0.717) is 17.1 Å². The smallest absolute Gasteiger partial charge is 0.254 e. The Bertz CT molecular complexity index is 1060. The van der Waals surface area contributed by atoms with Crippen LogP contribution in [0.2, 0.25) is 0 Å². The fourth-order valence-corrected chi connectivity index (χ4v) is 4.41. The number of nitrogens with one attached hydrogen (secondary N) is 1. The van der Waals surface area contributed by atoms with Crippen LogP contribution in [0.4, 0.5) is 0 Å². The number of benzene rings is 2. The first kappa shape index (κ1) is 33.8. The summed E-state index contributed by atoms with van der Waals surface area (Å²) in [4.78, 5) is 29.6. The van der Waals surface area contributed by atoms with E-state index in [1.165, 1.54) is 5.56 Å². The van der Waals surface area contributed by atoms with Gasteiger partial charge in [-0.25, -0.2) is 0 Å². The molecule has 2 heterocycles. The van der Waals surface area contributed by atoms with Crippen LogP contribution in [0.15, 0.2) is 55.2 Å². The average molecular weight is 509 g/mol. The molecule has 204 valence electrons. The van der Waals surface area contributed by atoms with Crippen LogP contribution < -0.4 is 0 Å². The average Bonchev–Trinajstić information content (AvgIpc) is 3.43. The summed E-state index contributed by atoms with van der Waals surface area (Å²) in [7, 11) is 1.00. The van der Waals surface area contributed by atoms with Crippen LogP contribution >= 0.6 is 0 Å². The summed E-state index contributed by atoms with van der Waals surface area (Å²) < 4.78 is 0. The summed E-state index contributed by atoms with van der Waals surface area (Å²) >= 11 is 0. The van der Waals surface area contributed by atoms with E-state index >= 15 is 0 Å². The number of piperidine rings is 1. The normalized spacial score (nSPS) is 12.3. The number of hydrogen-bond acceptors (Lipinski definition) is 3. The molecule has 1 fully saturated rings. The SMILES string of the molecule is C=C(C=O)c1c[nH]c2ccc(C(=O)N3CCC(Cc4ccccc4)CC3)c(C)c12.CC.CC.CC.CO. The van der Waals surface area contributed by atoms with Crippen molar-refractivity contribution < 1.29 is 14.7 Å². The lowest BCUT2D eigenvalue weighted by Crippen LogP contribution is -2.39. The molecule has 3 aromatic rings. The van der Waals surface area contributed by atoms with Crippen molar-refractivity contribution in [1.82, 2.24) is 9.88 Å². The maximum Gasteiger partial charge on any atom is 0.254 e. The van der Waals surface area contributed by atoms with E-state index < -0.39 is 0 Å². The molecule has 0 spiro atoms. The zero-order valence-electron chi connectivity index (χ0n) is 24.2. The first-order chi connectivity index (χ1) is 18.1. The molecule has 0 atom stereocenters. The van der Waals surface area contributed by atoms with Crippen molar-refractivity contribution in [2.75, 3.05) is 20.2 Å². The summed E-state index contributed by atoms with van der Waals surface area (Å²) in [6.45, 7) is 19.4. The van der Waals surface area contributed by atoms with Crippen molar-refractivity contribution in [2.24, 2.45) is 5.92 Å². The molecule has 4 rings (SSSR count). The molecule has 5 heteroatoms. The van der Waals surface area contributed by atoms with Gasteiger partial charge in [-0.1, -0.05) is 78.5 Å². The molecular formula is C32H48N2O3. The summed E-state index contributed by atoms with van der Waals surface area (Å²) in [5.41, 5.74) is 5.08. The Kier molecular flexibility index (Phi) is 17.4. The second kappa shape index (κ2) is 19.0. The van der Waals surface area contributed by atoms with E-state index in [2.05, 4.69) is 35.8 Å². The van der Waals surface area contributed by atoms with Crippen LogP contribution in [0.3, 0.4) is 0 Å². The molecule has 5 nitrogen and oxygen atoms in total. The van der Waals surface area contributed by atoms with Crippen LogP contribution in [-0.4, -0.2) is 47.4 Å². The molecule has 1 aliphatic heterocycles. The molecular weight excluding hydrogens is 460 g/mol. The lowest BCUT2D eigenvalue weighted by atomic mass is 9.89. The number of aromatic nitrogens is 1. The topological polar surface area (TPSA) is 73.4 Å². The first-order valence-corrected chi connectivity index (χ1v) is 13.6. The molecule has 2 N–H and O–H groups in total. The number of amides is 1. The number of aldehydes is 1. The first-order valence-electron chi connectivity index (χ1n) is 13.6. The molecule has 1 amide bonds. The van der Waals surface area contributed by atoms with Gasteiger partial charge in [0.25, 0.3) is 5.91 Å². The number of H-pyrrole nitrogens is 1. The summed E-state index contributed by atoms with van der Waals surface area (Å²) in [6.07, 6.45) is 5.68. The number of likely N-dealkylation sites (tertiary alicyclic amines) is 1. The molecule has 0 radical (unpaired) electrons. The van der Waals surface area contributed by atoms with Crippen molar-refractivity contribution in [3.63, 3.8) is 0 Å². The van der Waals surface area contributed by atoms with Crippen molar-refractivity contribution in [2.45, 2.75) is 67.7 Å². The lowest BCUT2D eigenvalue weighted by molar-refractivity contribution is -0.103. The number of hydrogen-bond donors (Lipinski definition) is 2. The van der Waals surface area contributed by atoms with E-state index in [4.69, 9.17) is 5.11 Å². The van der Waals surface area contributed by atoms with Gasteiger partial charge in [-0.3, -0.25) is 9.59 Å². The number of aliphatic hydroxyl groups excluding tert-OH is 1. The third kappa shape index (κ3) is 9.01. The Morgan fingerprint density at radius 1 is 0.973 bits per heavy atom. The molecule has 1 saturated heterocycles. The largest absolute Gasteiger partial charge is 0.400 e. The Hall–Kier alpha value is -3.18. The van der Waals surface area contributed by atoms with Crippen molar-refractivity contribution >= 4 is 28.7 Å². The molecule has 0 bridgehead atoms. The fraction of sp³-hybridized carbons (Fsp3) is 0.438. The highest BCUT2D eigenvalue weighted by Gasteiger charge is 2.25. The summed E-state index contributed by atoms with van der Waals surface area (Å²) in [6, 6.07) is 14.4. The predicted molar refractivity (Wildman–Crippen MR) is 159 cm³/mol. The molecule has 0 saturated carbocycles. The van der Waals surface area contributed by atoms with Crippen molar-refractivity contribution in [1.29, 1.82) is 0 Å². The number of aliphatic hydroxyl groups is 1. The van der Waals surface area contributed by atoms with Gasteiger partial charge in [0.1, 0.15) is 6.29 Å².